The summed E-state index contributed by atoms with van der Waals surface area (Å²) in [5.41, 5.74) is 4.32. The predicted molar refractivity (Wildman–Crippen MR) is 167 cm³/mol. The lowest BCUT2D eigenvalue weighted by Gasteiger charge is -2.35. The fourth-order valence-corrected chi connectivity index (χ4v) is 6.88. The Kier molecular flexibility index (Phi) is 7.56. The van der Waals surface area contributed by atoms with Gasteiger partial charge < -0.3 is 25.8 Å². The highest BCUT2D eigenvalue weighted by atomic mass is 16.2. The van der Waals surface area contributed by atoms with Crippen LogP contribution in [0.5, 0.6) is 0 Å². The summed E-state index contributed by atoms with van der Waals surface area (Å²) in [6.07, 6.45) is 0.949. The molecule has 3 amide bonds. The standard InChI is InChI=1S/C35H39N5O3/c1-21(36-4)32(41)38-27-19-25-24-17-11-12-18-26(24)37-30(25)28-20-35(2,3)31(40(28)34(27)43)33(42)39-29(22-13-7-5-8-14-22)23-15-9-6-10-16-23/h5-18,21,27-29,31,36-37H,19-20H2,1-4H3,(H,38,41)(H,39,42)/t21?,27-,28?,31+/m0/s1. The van der Waals surface area contributed by atoms with Crippen LogP contribution in [0.25, 0.3) is 10.9 Å². The molecule has 8 heteroatoms. The number of amides is 3. The minimum Gasteiger partial charge on any atom is -0.356 e. The second-order valence-electron chi connectivity index (χ2n) is 12.5. The largest absolute Gasteiger partial charge is 0.356 e. The number of aromatic amines is 1. The van der Waals surface area contributed by atoms with Crippen LogP contribution in [0.2, 0.25) is 0 Å². The number of nitrogens with zero attached hydrogens (tertiary/aromatic N) is 1. The molecule has 0 bridgehead atoms. The van der Waals surface area contributed by atoms with Gasteiger partial charge in [-0.25, -0.2) is 0 Å². The minimum atomic E-state index is -0.811. The molecule has 2 aliphatic heterocycles. The highest BCUT2D eigenvalue weighted by Gasteiger charge is 2.56. The van der Waals surface area contributed by atoms with Crippen molar-refractivity contribution in [1.29, 1.82) is 0 Å². The summed E-state index contributed by atoms with van der Waals surface area (Å²) < 4.78 is 0. The normalized spacial score (nSPS) is 21.7. The van der Waals surface area contributed by atoms with Crippen molar-refractivity contribution < 1.29 is 14.4 Å². The van der Waals surface area contributed by atoms with Gasteiger partial charge in [-0.3, -0.25) is 14.4 Å². The number of carbonyl (C=O) groups is 3. The molecular weight excluding hydrogens is 538 g/mol. The lowest BCUT2D eigenvalue weighted by atomic mass is 9.81. The number of likely N-dealkylation sites (N-methyl/N-ethyl adjacent to an activating group) is 1. The van der Waals surface area contributed by atoms with Crippen molar-refractivity contribution in [3.63, 3.8) is 0 Å². The number of H-pyrrole nitrogens is 1. The summed E-state index contributed by atoms with van der Waals surface area (Å²) in [5.74, 6) is -0.711. The summed E-state index contributed by atoms with van der Waals surface area (Å²) in [4.78, 5) is 47.4. The molecule has 2 aliphatic rings. The van der Waals surface area contributed by atoms with E-state index >= 15 is 0 Å². The number of benzene rings is 3. The van der Waals surface area contributed by atoms with Gasteiger partial charge in [-0.2, -0.15) is 0 Å². The Morgan fingerprint density at radius 1 is 0.930 bits per heavy atom. The quantitative estimate of drug-likeness (QED) is 0.261. The van der Waals surface area contributed by atoms with E-state index in [4.69, 9.17) is 0 Å². The van der Waals surface area contributed by atoms with Crippen LogP contribution < -0.4 is 16.0 Å². The third-order valence-electron chi connectivity index (χ3n) is 9.16. The van der Waals surface area contributed by atoms with Crippen molar-refractivity contribution in [3.8, 4) is 0 Å². The lowest BCUT2D eigenvalue weighted by Crippen LogP contribution is -2.57. The molecule has 4 N–H and O–H groups in total. The van der Waals surface area contributed by atoms with E-state index in [0.29, 0.717) is 12.8 Å². The fraction of sp³-hybridized carbons (Fsp3) is 0.343. The van der Waals surface area contributed by atoms with E-state index < -0.39 is 23.5 Å². The molecule has 3 aromatic carbocycles. The van der Waals surface area contributed by atoms with Crippen LogP contribution in [0.15, 0.2) is 84.9 Å². The maximum absolute atomic E-state index is 14.5. The summed E-state index contributed by atoms with van der Waals surface area (Å²) in [6.45, 7) is 5.87. The molecule has 4 atom stereocenters. The number of aromatic nitrogens is 1. The van der Waals surface area contributed by atoms with Gasteiger partial charge in [0.25, 0.3) is 0 Å². The molecule has 3 heterocycles. The summed E-state index contributed by atoms with van der Waals surface area (Å²) >= 11 is 0. The second kappa shape index (κ2) is 11.3. The van der Waals surface area contributed by atoms with Crippen LogP contribution in [0.1, 0.15) is 61.7 Å². The van der Waals surface area contributed by atoms with E-state index in [0.717, 1.165) is 33.3 Å². The van der Waals surface area contributed by atoms with Crippen molar-refractivity contribution in [3.05, 3.63) is 107 Å². The van der Waals surface area contributed by atoms with E-state index in [-0.39, 0.29) is 29.8 Å². The zero-order valence-electron chi connectivity index (χ0n) is 25.1. The molecule has 0 spiro atoms. The first-order chi connectivity index (χ1) is 20.7. The summed E-state index contributed by atoms with van der Waals surface area (Å²) in [5, 5.41) is 10.3. The number of fused-ring (bicyclic) bond motifs is 5. The SMILES string of the molecule is CNC(C)C(=O)N[C@H]1Cc2c([nH]c3ccccc23)C2CC(C)(C)[C@@H](C(=O)NC(c3ccccc3)c3ccccc3)N2C1=O. The maximum atomic E-state index is 14.5. The second-order valence-corrected chi connectivity index (χ2v) is 12.5. The Balaban J connectivity index is 1.42. The van der Waals surface area contributed by atoms with E-state index in [1.807, 2.05) is 78.9 Å². The molecule has 0 aliphatic carbocycles. The lowest BCUT2D eigenvalue weighted by molar-refractivity contribution is -0.145. The number of carbonyl (C=O) groups excluding carboxylic acids is 3. The van der Waals surface area contributed by atoms with Crippen LogP contribution in [-0.2, 0) is 20.8 Å². The average molecular weight is 578 g/mol. The average Bonchev–Trinajstić information content (AvgIpc) is 3.50. The predicted octanol–water partition coefficient (Wildman–Crippen LogP) is 4.39. The molecule has 4 aromatic rings. The van der Waals surface area contributed by atoms with E-state index in [1.165, 1.54) is 0 Å². The molecule has 6 rings (SSSR count). The Bertz CT molecular complexity index is 1610. The molecule has 8 nitrogen and oxygen atoms in total. The number of hydrogen-bond acceptors (Lipinski definition) is 4. The van der Waals surface area contributed by atoms with Gasteiger partial charge in [0.15, 0.2) is 0 Å². The number of nitrogens with one attached hydrogen (secondary N) is 4. The van der Waals surface area contributed by atoms with Crippen molar-refractivity contribution in [2.24, 2.45) is 5.41 Å². The van der Waals surface area contributed by atoms with Crippen LogP contribution in [0, 0.1) is 5.41 Å². The van der Waals surface area contributed by atoms with Gasteiger partial charge in [0.2, 0.25) is 17.7 Å². The van der Waals surface area contributed by atoms with Gasteiger partial charge >= 0.3 is 0 Å². The fourth-order valence-electron chi connectivity index (χ4n) is 6.88. The third-order valence-corrected chi connectivity index (χ3v) is 9.16. The molecule has 2 unspecified atom stereocenters. The Hall–Kier alpha value is -4.43. The highest BCUT2D eigenvalue weighted by Crippen LogP contribution is 2.50. The number of hydrogen-bond donors (Lipinski definition) is 4. The van der Waals surface area contributed by atoms with Crippen LogP contribution in [0.4, 0.5) is 0 Å². The Labute approximate surface area is 252 Å². The van der Waals surface area contributed by atoms with Crippen LogP contribution in [0.3, 0.4) is 0 Å². The maximum Gasteiger partial charge on any atom is 0.246 e. The van der Waals surface area contributed by atoms with Crippen molar-refractivity contribution in [2.75, 3.05) is 7.05 Å². The molecule has 1 aromatic heterocycles. The van der Waals surface area contributed by atoms with Crippen molar-refractivity contribution in [2.45, 2.75) is 63.8 Å². The molecule has 1 fully saturated rings. The van der Waals surface area contributed by atoms with Gasteiger partial charge in [-0.15, -0.1) is 0 Å². The minimum absolute atomic E-state index is 0.216. The monoisotopic (exact) mass is 577 g/mol. The van der Waals surface area contributed by atoms with Gasteiger partial charge in [-0.1, -0.05) is 92.7 Å². The van der Waals surface area contributed by atoms with Crippen LogP contribution >= 0.6 is 0 Å². The first-order valence-corrected chi connectivity index (χ1v) is 15.0. The first-order valence-electron chi connectivity index (χ1n) is 15.0. The topological polar surface area (TPSA) is 106 Å². The highest BCUT2D eigenvalue weighted by molar-refractivity contribution is 5.96. The van der Waals surface area contributed by atoms with Crippen molar-refractivity contribution >= 4 is 28.6 Å². The number of rotatable bonds is 7. The zero-order chi connectivity index (χ0) is 30.3. The first kappa shape index (κ1) is 28.7. The van der Waals surface area contributed by atoms with Gasteiger partial charge in [0.1, 0.15) is 12.1 Å². The van der Waals surface area contributed by atoms with Gasteiger partial charge in [0.05, 0.1) is 18.1 Å². The number of para-hydroxylation sites is 1. The third kappa shape index (κ3) is 5.20. The molecule has 222 valence electrons. The summed E-state index contributed by atoms with van der Waals surface area (Å²) in [7, 11) is 1.71. The van der Waals surface area contributed by atoms with Crippen molar-refractivity contribution in [1.82, 2.24) is 25.8 Å². The summed E-state index contributed by atoms with van der Waals surface area (Å²) in [6, 6.07) is 25.1. The zero-order valence-corrected chi connectivity index (χ0v) is 25.1. The van der Waals surface area contributed by atoms with Crippen LogP contribution in [-0.4, -0.2) is 52.8 Å². The molecule has 1 saturated heterocycles. The molecule has 0 saturated carbocycles. The van der Waals surface area contributed by atoms with E-state index in [2.05, 4.69) is 40.8 Å². The smallest absolute Gasteiger partial charge is 0.246 e. The van der Waals surface area contributed by atoms with Gasteiger partial charge in [-0.05, 0) is 48.6 Å². The van der Waals surface area contributed by atoms with E-state index in [9.17, 15) is 14.4 Å². The molecular formula is C35H39N5O3. The van der Waals surface area contributed by atoms with E-state index in [1.54, 1.807) is 18.9 Å². The Morgan fingerprint density at radius 2 is 1.53 bits per heavy atom. The van der Waals surface area contributed by atoms with Gasteiger partial charge in [0, 0.05) is 23.0 Å². The Morgan fingerprint density at radius 3 is 2.16 bits per heavy atom. The molecule has 43 heavy (non-hydrogen) atoms. The molecule has 0 radical (unpaired) electrons.